The fourth-order valence-electron chi connectivity index (χ4n) is 4.44. The minimum absolute atomic E-state index is 0.0500. The molecule has 5 heteroatoms. The molecule has 1 saturated heterocycles. The van der Waals surface area contributed by atoms with Gasteiger partial charge in [0.15, 0.2) is 5.76 Å². The standard InChI is InChI=1S/C24H30N2O2Si/c1-24(2,3)29(20-11-6-4-7-12-20,21-13-8-5-9-14-21)27-18-19-17-23(26-28-19)22-15-10-16-25-22/h4-9,11-14,17,22,25H,10,15-16,18H2,1-3H3. The molecule has 1 aliphatic heterocycles. The Labute approximate surface area is 174 Å². The Hall–Kier alpha value is -2.21. The highest BCUT2D eigenvalue weighted by Crippen LogP contribution is 2.37. The Morgan fingerprint density at radius 1 is 1.03 bits per heavy atom. The van der Waals surface area contributed by atoms with Gasteiger partial charge in [0.1, 0.15) is 5.69 Å². The lowest BCUT2D eigenvalue weighted by atomic mass is 10.1. The molecule has 1 aliphatic rings. The van der Waals surface area contributed by atoms with Gasteiger partial charge >= 0.3 is 0 Å². The molecule has 152 valence electrons. The zero-order valence-corrected chi connectivity index (χ0v) is 18.5. The molecule has 2 heterocycles. The number of nitrogens with zero attached hydrogens (tertiary/aromatic N) is 1. The third-order valence-electron chi connectivity index (χ3n) is 5.84. The van der Waals surface area contributed by atoms with E-state index in [1.807, 2.05) is 0 Å². The van der Waals surface area contributed by atoms with E-state index < -0.39 is 8.32 Å². The molecule has 0 radical (unpaired) electrons. The zero-order valence-electron chi connectivity index (χ0n) is 17.5. The van der Waals surface area contributed by atoms with E-state index in [9.17, 15) is 0 Å². The lowest BCUT2D eigenvalue weighted by Gasteiger charge is -2.42. The molecular weight excluding hydrogens is 376 g/mol. The van der Waals surface area contributed by atoms with E-state index in [4.69, 9.17) is 8.95 Å². The lowest BCUT2D eigenvalue weighted by Crippen LogP contribution is -2.66. The van der Waals surface area contributed by atoms with Gasteiger partial charge in [-0.1, -0.05) is 86.6 Å². The molecule has 2 aromatic carbocycles. The van der Waals surface area contributed by atoms with Crippen LogP contribution in [0.2, 0.25) is 5.04 Å². The maximum absolute atomic E-state index is 6.91. The van der Waals surface area contributed by atoms with Gasteiger partial charge in [0.25, 0.3) is 8.32 Å². The van der Waals surface area contributed by atoms with Crippen molar-refractivity contribution in [1.29, 1.82) is 0 Å². The second-order valence-corrected chi connectivity index (χ2v) is 13.1. The van der Waals surface area contributed by atoms with Gasteiger partial charge < -0.3 is 14.3 Å². The summed E-state index contributed by atoms with van der Waals surface area (Å²) in [7, 11) is -2.56. The number of nitrogens with one attached hydrogen (secondary N) is 1. The first-order valence-corrected chi connectivity index (χ1v) is 12.4. The first-order chi connectivity index (χ1) is 14.0. The molecule has 4 rings (SSSR count). The first kappa shape index (κ1) is 20.1. The van der Waals surface area contributed by atoms with Crippen molar-refractivity contribution in [2.45, 2.75) is 51.3 Å². The molecule has 0 bridgehead atoms. The maximum Gasteiger partial charge on any atom is 0.261 e. The van der Waals surface area contributed by atoms with Gasteiger partial charge in [-0.2, -0.15) is 0 Å². The average molecular weight is 407 g/mol. The predicted octanol–water partition coefficient (Wildman–Crippen LogP) is 4.18. The van der Waals surface area contributed by atoms with Crippen LogP contribution >= 0.6 is 0 Å². The summed E-state index contributed by atoms with van der Waals surface area (Å²) >= 11 is 0. The van der Waals surface area contributed by atoms with E-state index in [1.54, 1.807) is 0 Å². The summed E-state index contributed by atoms with van der Waals surface area (Å²) in [5.41, 5.74) is 0.989. The third kappa shape index (κ3) is 3.95. The molecule has 1 N–H and O–H groups in total. The van der Waals surface area contributed by atoms with Crippen molar-refractivity contribution >= 4 is 18.7 Å². The van der Waals surface area contributed by atoms with Crippen LogP contribution in [0.3, 0.4) is 0 Å². The molecule has 1 aromatic heterocycles. The highest BCUT2D eigenvalue weighted by Gasteiger charge is 2.50. The van der Waals surface area contributed by atoms with E-state index in [-0.39, 0.29) is 5.04 Å². The normalized spacial score (nSPS) is 17.6. The van der Waals surface area contributed by atoms with Crippen molar-refractivity contribution in [1.82, 2.24) is 10.5 Å². The largest absolute Gasteiger partial charge is 0.400 e. The van der Waals surface area contributed by atoms with Gasteiger partial charge in [0.2, 0.25) is 0 Å². The minimum Gasteiger partial charge on any atom is -0.400 e. The Kier molecular flexibility index (Phi) is 5.72. The SMILES string of the molecule is CC(C)(C)[Si](OCc1cc(C2CCCN2)no1)(c1ccccc1)c1ccccc1. The van der Waals surface area contributed by atoms with Crippen molar-refractivity contribution in [3.8, 4) is 0 Å². The fraction of sp³-hybridized carbons (Fsp3) is 0.375. The molecule has 1 fully saturated rings. The summed E-state index contributed by atoms with van der Waals surface area (Å²) in [6.45, 7) is 8.33. The predicted molar refractivity (Wildman–Crippen MR) is 119 cm³/mol. The van der Waals surface area contributed by atoms with Crippen LogP contribution in [0.4, 0.5) is 0 Å². The highest BCUT2D eigenvalue weighted by atomic mass is 28.4. The summed E-state index contributed by atoms with van der Waals surface area (Å²) < 4.78 is 12.6. The van der Waals surface area contributed by atoms with E-state index in [2.05, 4.69) is 98.0 Å². The molecule has 0 spiro atoms. The number of aromatic nitrogens is 1. The number of rotatable bonds is 6. The van der Waals surface area contributed by atoms with Gasteiger partial charge in [-0.25, -0.2) is 0 Å². The van der Waals surface area contributed by atoms with E-state index >= 15 is 0 Å². The Bertz CT molecular complexity index is 873. The Morgan fingerprint density at radius 3 is 2.17 bits per heavy atom. The van der Waals surface area contributed by atoms with Crippen LogP contribution < -0.4 is 15.7 Å². The zero-order chi connectivity index (χ0) is 20.3. The second-order valence-electron chi connectivity index (χ2n) is 8.82. The van der Waals surface area contributed by atoms with Crippen LogP contribution in [0.1, 0.15) is 51.1 Å². The van der Waals surface area contributed by atoms with Crippen molar-refractivity contribution < 1.29 is 8.95 Å². The smallest absolute Gasteiger partial charge is 0.261 e. The maximum atomic E-state index is 6.91. The van der Waals surface area contributed by atoms with Crippen LogP contribution in [-0.4, -0.2) is 20.0 Å². The number of benzene rings is 2. The van der Waals surface area contributed by atoms with Gasteiger partial charge in [0.05, 0.1) is 12.6 Å². The molecule has 0 aliphatic carbocycles. The van der Waals surface area contributed by atoms with E-state index in [0.29, 0.717) is 12.6 Å². The lowest BCUT2D eigenvalue weighted by molar-refractivity contribution is 0.235. The molecule has 1 atom stereocenters. The van der Waals surface area contributed by atoms with Crippen LogP contribution in [0, 0.1) is 0 Å². The topological polar surface area (TPSA) is 47.3 Å². The minimum atomic E-state index is -2.56. The van der Waals surface area contributed by atoms with Crippen LogP contribution in [0.25, 0.3) is 0 Å². The monoisotopic (exact) mass is 406 g/mol. The molecule has 0 amide bonds. The van der Waals surface area contributed by atoms with Crippen LogP contribution in [-0.2, 0) is 11.0 Å². The molecule has 0 saturated carbocycles. The summed E-state index contributed by atoms with van der Waals surface area (Å²) in [6.07, 6.45) is 2.30. The van der Waals surface area contributed by atoms with Crippen molar-refractivity contribution in [3.63, 3.8) is 0 Å². The van der Waals surface area contributed by atoms with Crippen LogP contribution in [0.5, 0.6) is 0 Å². The Balaban J connectivity index is 1.69. The van der Waals surface area contributed by atoms with Crippen molar-refractivity contribution in [2.24, 2.45) is 0 Å². The van der Waals surface area contributed by atoms with E-state index in [0.717, 1.165) is 24.4 Å². The number of hydrogen-bond donors (Lipinski definition) is 1. The number of hydrogen-bond acceptors (Lipinski definition) is 4. The molecular formula is C24H30N2O2Si. The molecule has 3 aromatic rings. The highest BCUT2D eigenvalue weighted by molar-refractivity contribution is 6.99. The molecule has 29 heavy (non-hydrogen) atoms. The summed E-state index contributed by atoms with van der Waals surface area (Å²) in [6, 6.07) is 23.7. The summed E-state index contributed by atoms with van der Waals surface area (Å²) in [4.78, 5) is 0. The van der Waals surface area contributed by atoms with Gasteiger partial charge in [0, 0.05) is 6.07 Å². The van der Waals surface area contributed by atoms with Gasteiger partial charge in [-0.05, 0) is 34.8 Å². The van der Waals surface area contributed by atoms with Crippen LogP contribution in [0.15, 0.2) is 71.3 Å². The summed E-state index contributed by atoms with van der Waals surface area (Å²) in [5, 5.41) is 10.3. The van der Waals surface area contributed by atoms with Crippen molar-refractivity contribution in [2.75, 3.05) is 6.54 Å². The van der Waals surface area contributed by atoms with Gasteiger partial charge in [-0.3, -0.25) is 0 Å². The van der Waals surface area contributed by atoms with Gasteiger partial charge in [-0.15, -0.1) is 0 Å². The average Bonchev–Trinajstić information content (AvgIpc) is 3.41. The third-order valence-corrected chi connectivity index (χ3v) is 10.8. The second kappa shape index (κ2) is 8.26. The Morgan fingerprint density at radius 2 is 1.66 bits per heavy atom. The fourth-order valence-corrected chi connectivity index (χ4v) is 8.95. The van der Waals surface area contributed by atoms with E-state index in [1.165, 1.54) is 16.8 Å². The molecule has 1 unspecified atom stereocenters. The first-order valence-electron chi connectivity index (χ1n) is 10.4. The van der Waals surface area contributed by atoms with Crippen molar-refractivity contribution in [3.05, 3.63) is 78.2 Å². The molecule has 4 nitrogen and oxygen atoms in total. The summed E-state index contributed by atoms with van der Waals surface area (Å²) in [5.74, 6) is 0.793. The quantitative estimate of drug-likeness (QED) is 0.624.